The van der Waals surface area contributed by atoms with Crippen molar-refractivity contribution in [3.63, 3.8) is 0 Å². The van der Waals surface area contributed by atoms with Crippen molar-refractivity contribution in [1.82, 2.24) is 31.9 Å². The highest BCUT2D eigenvalue weighted by atomic mass is 16.3. The highest BCUT2D eigenvalue weighted by Crippen LogP contribution is 2.16. The molecule has 0 aliphatic carbocycles. The highest BCUT2D eigenvalue weighted by molar-refractivity contribution is 6.02. The molecule has 0 spiro atoms. The van der Waals surface area contributed by atoms with Crippen molar-refractivity contribution in [2.45, 2.75) is 96.6 Å². The maximum atomic E-state index is 14.1. The summed E-state index contributed by atoms with van der Waals surface area (Å²) in [6.07, 6.45) is -0.344. The van der Waals surface area contributed by atoms with E-state index in [1.54, 1.807) is 68.4 Å². The van der Waals surface area contributed by atoms with Crippen LogP contribution in [-0.2, 0) is 41.6 Å². The topological polar surface area (TPSA) is 224 Å². The Bertz CT molecular complexity index is 1910. The normalized spacial score (nSPS) is 23.3. The van der Waals surface area contributed by atoms with Gasteiger partial charge in [0.15, 0.2) is 0 Å². The third-order valence-electron chi connectivity index (χ3n) is 10.3. The fourth-order valence-corrected chi connectivity index (χ4v) is 6.40. The van der Waals surface area contributed by atoms with Gasteiger partial charge in [-0.1, -0.05) is 107 Å². The molecule has 4 rings (SSSR count). The minimum atomic E-state index is -1.50. The zero-order valence-corrected chi connectivity index (χ0v) is 33.5. The van der Waals surface area contributed by atoms with Crippen molar-refractivity contribution in [2.75, 3.05) is 11.9 Å². The van der Waals surface area contributed by atoms with Gasteiger partial charge >= 0.3 is 0 Å². The first-order valence-electron chi connectivity index (χ1n) is 19.7. The molecule has 1 heterocycles. The summed E-state index contributed by atoms with van der Waals surface area (Å²) < 4.78 is 0. The Hall–Kier alpha value is -6.09. The van der Waals surface area contributed by atoms with Crippen molar-refractivity contribution >= 4 is 47.0 Å². The van der Waals surface area contributed by atoms with E-state index in [4.69, 9.17) is 0 Å². The Balaban J connectivity index is 1.75. The molecule has 15 nitrogen and oxygen atoms in total. The largest absolute Gasteiger partial charge is 0.391 e. The van der Waals surface area contributed by atoms with Gasteiger partial charge in [-0.05, 0) is 48.1 Å². The SMILES string of the molecule is CCC(C)[C@@H]1NC(=O)[C@H](C(C)O)NC(=O)c2cccc(c2)NC(=O)[C@H](Cc2ccccc2)NC(=O)CNC(=O)[C@H](Cc2ccccc2)NC(=O)[C@@H](C(C)CC)NC1=O. The number of aliphatic hydroxyl groups excluding tert-OH is 1. The van der Waals surface area contributed by atoms with Crippen LogP contribution in [0.5, 0.6) is 0 Å². The summed E-state index contributed by atoms with van der Waals surface area (Å²) in [5.74, 6) is -5.75. The summed E-state index contributed by atoms with van der Waals surface area (Å²) in [7, 11) is 0. The van der Waals surface area contributed by atoms with Gasteiger partial charge in [0.2, 0.25) is 35.4 Å². The van der Waals surface area contributed by atoms with Crippen LogP contribution in [0.1, 0.15) is 68.9 Å². The molecule has 1 aliphatic rings. The van der Waals surface area contributed by atoms with E-state index < -0.39 is 96.0 Å². The van der Waals surface area contributed by atoms with Crippen molar-refractivity contribution < 1.29 is 38.7 Å². The number of benzene rings is 3. The number of fused-ring (bicyclic) bond motifs is 2. The second kappa shape index (κ2) is 21.4. The molecule has 15 heteroatoms. The molecule has 0 fully saturated rings. The Labute approximate surface area is 338 Å². The molecule has 0 saturated carbocycles. The predicted octanol–water partition coefficient (Wildman–Crippen LogP) is 1.75. The first-order valence-corrected chi connectivity index (χ1v) is 19.7. The Kier molecular flexibility index (Phi) is 16.5. The second-order valence-electron chi connectivity index (χ2n) is 14.8. The van der Waals surface area contributed by atoms with Gasteiger partial charge in [-0.2, -0.15) is 0 Å². The molecule has 0 radical (unpaired) electrons. The van der Waals surface area contributed by atoms with Gasteiger partial charge in [0.25, 0.3) is 5.91 Å². The summed E-state index contributed by atoms with van der Waals surface area (Å²) in [6.45, 7) is 7.96. The first-order chi connectivity index (χ1) is 27.7. The van der Waals surface area contributed by atoms with Gasteiger partial charge in [0.1, 0.15) is 30.2 Å². The smallest absolute Gasteiger partial charge is 0.252 e. The summed E-state index contributed by atoms with van der Waals surface area (Å²) >= 11 is 0. The minimum absolute atomic E-state index is 0.0460. The number of hydrogen-bond acceptors (Lipinski definition) is 8. The van der Waals surface area contributed by atoms with Crippen LogP contribution in [0, 0.1) is 11.8 Å². The van der Waals surface area contributed by atoms with E-state index in [2.05, 4.69) is 37.2 Å². The molecule has 8 atom stereocenters. The Morgan fingerprint density at radius 1 is 0.569 bits per heavy atom. The third-order valence-corrected chi connectivity index (χ3v) is 10.3. The molecule has 1 aliphatic heterocycles. The van der Waals surface area contributed by atoms with Gasteiger partial charge in [-0.25, -0.2) is 0 Å². The molecule has 58 heavy (non-hydrogen) atoms. The standard InChI is InChI=1S/C43H55N7O8/c1-6-25(3)35-41(56)47-32(21-28-15-10-8-11-16-28)39(54)44-24-34(52)46-33(22-29-17-12-9-13-18-29)40(55)45-31-20-14-19-30(23-31)38(53)50-37(27(5)51)43(58)49-36(26(4)7-2)42(57)48-35/h8-20,23,25-27,32-33,35-37,51H,6-7,21-22,24H2,1-5H3,(H,44,54)(H,45,55)(H,46,52)(H,47,56)(H,48,57)(H,49,58)(H,50,53)/t25?,26?,27?,32-,33-,35+,36-,37-/m0/s1. The molecule has 310 valence electrons. The van der Waals surface area contributed by atoms with Gasteiger partial charge < -0.3 is 42.3 Å². The van der Waals surface area contributed by atoms with Crippen LogP contribution in [-0.4, -0.2) is 89.3 Å². The zero-order valence-electron chi connectivity index (χ0n) is 33.5. The quantitative estimate of drug-likeness (QED) is 0.159. The maximum Gasteiger partial charge on any atom is 0.252 e. The summed E-state index contributed by atoms with van der Waals surface area (Å²) in [4.78, 5) is 96.3. The number of hydrogen-bond donors (Lipinski definition) is 8. The fourth-order valence-electron chi connectivity index (χ4n) is 6.40. The Morgan fingerprint density at radius 2 is 1.07 bits per heavy atom. The Morgan fingerprint density at radius 3 is 1.59 bits per heavy atom. The zero-order chi connectivity index (χ0) is 42.4. The van der Waals surface area contributed by atoms with Crippen LogP contribution in [0.3, 0.4) is 0 Å². The van der Waals surface area contributed by atoms with Crippen molar-refractivity contribution in [2.24, 2.45) is 11.8 Å². The van der Waals surface area contributed by atoms with E-state index in [9.17, 15) is 38.7 Å². The number of nitrogens with one attached hydrogen (secondary N) is 7. The summed E-state index contributed by atoms with van der Waals surface area (Å²) in [5.41, 5.74) is 1.71. The van der Waals surface area contributed by atoms with Gasteiger partial charge in [0, 0.05) is 24.1 Å². The maximum absolute atomic E-state index is 14.1. The fraction of sp³-hybridized carbons (Fsp3) is 0.419. The molecule has 8 N–H and O–H groups in total. The molecule has 2 bridgehead atoms. The van der Waals surface area contributed by atoms with Gasteiger partial charge in [-0.3, -0.25) is 33.6 Å². The lowest BCUT2D eigenvalue weighted by molar-refractivity contribution is -0.136. The van der Waals surface area contributed by atoms with Crippen molar-refractivity contribution in [3.05, 3.63) is 102 Å². The number of aliphatic hydroxyl groups is 1. The molecule has 0 saturated heterocycles. The molecular formula is C43H55N7O8. The third kappa shape index (κ3) is 12.7. The molecule has 3 unspecified atom stereocenters. The van der Waals surface area contributed by atoms with Gasteiger partial charge in [-0.15, -0.1) is 0 Å². The van der Waals surface area contributed by atoms with Crippen molar-refractivity contribution in [1.29, 1.82) is 0 Å². The molecule has 0 aromatic heterocycles. The molecule has 3 aromatic rings. The van der Waals surface area contributed by atoms with E-state index >= 15 is 0 Å². The van der Waals surface area contributed by atoms with Crippen molar-refractivity contribution in [3.8, 4) is 0 Å². The number of carbonyl (C=O) groups is 7. The summed E-state index contributed by atoms with van der Waals surface area (Å²) in [5, 5.41) is 29.5. The van der Waals surface area contributed by atoms with Crippen LogP contribution in [0.4, 0.5) is 5.69 Å². The molecular weight excluding hydrogens is 743 g/mol. The van der Waals surface area contributed by atoms with Crippen LogP contribution in [0.15, 0.2) is 84.9 Å². The van der Waals surface area contributed by atoms with E-state index in [1.165, 1.54) is 25.1 Å². The van der Waals surface area contributed by atoms with Gasteiger partial charge in [0.05, 0.1) is 12.6 Å². The van der Waals surface area contributed by atoms with E-state index in [0.29, 0.717) is 12.8 Å². The average Bonchev–Trinajstić information content (AvgIpc) is 3.21. The summed E-state index contributed by atoms with van der Waals surface area (Å²) in [6, 6.07) is 17.7. The van der Waals surface area contributed by atoms with E-state index in [1.807, 2.05) is 26.0 Å². The lowest BCUT2D eigenvalue weighted by Gasteiger charge is -2.31. The van der Waals surface area contributed by atoms with Crippen LogP contribution in [0.25, 0.3) is 0 Å². The lowest BCUT2D eigenvalue weighted by Crippen LogP contribution is -2.62. The lowest BCUT2D eigenvalue weighted by atomic mass is 9.94. The minimum Gasteiger partial charge on any atom is -0.391 e. The average molecular weight is 798 g/mol. The monoisotopic (exact) mass is 797 g/mol. The van der Waals surface area contributed by atoms with Crippen LogP contribution in [0.2, 0.25) is 0 Å². The number of carbonyl (C=O) groups excluding carboxylic acids is 7. The highest BCUT2D eigenvalue weighted by Gasteiger charge is 2.36. The van der Waals surface area contributed by atoms with Crippen LogP contribution >= 0.6 is 0 Å². The van der Waals surface area contributed by atoms with E-state index in [0.717, 1.165) is 11.1 Å². The number of anilines is 1. The van der Waals surface area contributed by atoms with Crippen LogP contribution < -0.4 is 37.2 Å². The molecule has 3 aromatic carbocycles. The van der Waals surface area contributed by atoms with E-state index in [-0.39, 0.29) is 24.1 Å². The number of rotatable bonds is 9. The number of amides is 7. The predicted molar refractivity (Wildman–Crippen MR) is 218 cm³/mol. The second-order valence-corrected chi connectivity index (χ2v) is 14.8. The first kappa shape index (κ1) is 44.6. The molecule has 7 amide bonds.